The molecule has 0 spiro atoms. The van der Waals surface area contributed by atoms with E-state index in [2.05, 4.69) is 15.5 Å². The summed E-state index contributed by atoms with van der Waals surface area (Å²) in [4.78, 5) is 14.0. The van der Waals surface area contributed by atoms with Gasteiger partial charge >= 0.3 is 0 Å². The molecule has 8 nitrogen and oxygen atoms in total. The Balaban J connectivity index is 1.38. The quantitative estimate of drug-likeness (QED) is 0.527. The van der Waals surface area contributed by atoms with Gasteiger partial charge in [0.1, 0.15) is 0 Å². The van der Waals surface area contributed by atoms with E-state index in [1.165, 1.54) is 16.4 Å². The first-order chi connectivity index (χ1) is 16.4. The van der Waals surface area contributed by atoms with Crippen molar-refractivity contribution in [1.82, 2.24) is 14.5 Å². The Kier molecular flexibility index (Phi) is 7.45. The highest BCUT2D eigenvalue weighted by Gasteiger charge is 2.29. The van der Waals surface area contributed by atoms with Crippen LogP contribution in [-0.4, -0.2) is 55.0 Å². The fraction of sp³-hybridized carbons (Fsp3) is 0.292. The number of aromatic nitrogens is 2. The predicted molar refractivity (Wildman–Crippen MR) is 133 cm³/mol. The second-order valence-corrected chi connectivity index (χ2v) is 10.3. The molecule has 1 aliphatic heterocycles. The second kappa shape index (κ2) is 10.5. The molecular weight excluding hydrogens is 474 g/mol. The number of nitrogens with zero attached hydrogens (tertiary/aromatic N) is 4. The van der Waals surface area contributed by atoms with Crippen LogP contribution in [0.4, 0.5) is 11.5 Å². The number of nitrogens with one attached hydrogen (secondary N) is 1. The fourth-order valence-electron chi connectivity index (χ4n) is 3.77. The molecule has 34 heavy (non-hydrogen) atoms. The van der Waals surface area contributed by atoms with Crippen LogP contribution in [0.1, 0.15) is 19.8 Å². The van der Waals surface area contributed by atoms with E-state index in [0.717, 1.165) is 12.0 Å². The van der Waals surface area contributed by atoms with E-state index in [-0.39, 0.29) is 10.8 Å². The van der Waals surface area contributed by atoms with Gasteiger partial charge in [0.2, 0.25) is 15.9 Å². The summed E-state index contributed by atoms with van der Waals surface area (Å²) < 4.78 is 27.6. The van der Waals surface area contributed by atoms with Crippen molar-refractivity contribution < 1.29 is 13.2 Å². The molecule has 2 heterocycles. The normalized spacial score (nSPS) is 14.7. The van der Waals surface area contributed by atoms with E-state index in [0.29, 0.717) is 54.8 Å². The van der Waals surface area contributed by atoms with Gasteiger partial charge in [-0.15, -0.1) is 10.2 Å². The molecule has 4 rings (SSSR count). The Morgan fingerprint density at radius 3 is 2.29 bits per heavy atom. The Morgan fingerprint density at radius 2 is 1.68 bits per heavy atom. The molecular formula is C24H26ClN5O3S. The number of amides is 1. The first-order valence-corrected chi connectivity index (χ1v) is 12.9. The monoisotopic (exact) mass is 499 g/mol. The molecule has 1 amide bonds. The Hall–Kier alpha value is -3.01. The molecule has 1 saturated heterocycles. The molecule has 0 saturated carbocycles. The largest absolute Gasteiger partial charge is 0.352 e. The maximum atomic E-state index is 13.1. The lowest BCUT2D eigenvalue weighted by Gasteiger charge is -2.34. The summed E-state index contributed by atoms with van der Waals surface area (Å²) in [6.07, 6.45) is 1.18. The predicted octanol–water partition coefficient (Wildman–Crippen LogP) is 4.05. The molecule has 0 radical (unpaired) electrons. The summed E-state index contributed by atoms with van der Waals surface area (Å²) >= 11 is 6.24. The van der Waals surface area contributed by atoms with Crippen LogP contribution in [0.2, 0.25) is 5.02 Å². The van der Waals surface area contributed by atoms with Crippen LogP contribution in [0.3, 0.4) is 0 Å². The highest BCUT2D eigenvalue weighted by molar-refractivity contribution is 7.89. The summed E-state index contributed by atoms with van der Waals surface area (Å²) in [5, 5.41) is 12.0. The van der Waals surface area contributed by atoms with Gasteiger partial charge in [-0.2, -0.15) is 4.31 Å². The minimum absolute atomic E-state index is 0.0859. The third-order valence-corrected chi connectivity index (χ3v) is 7.86. The van der Waals surface area contributed by atoms with Gasteiger partial charge in [0, 0.05) is 43.9 Å². The van der Waals surface area contributed by atoms with Crippen LogP contribution in [-0.2, 0) is 14.8 Å². The second-order valence-electron chi connectivity index (χ2n) is 7.97. The number of piperazine rings is 1. The number of hydrogen-bond acceptors (Lipinski definition) is 6. The lowest BCUT2D eigenvalue weighted by atomic mass is 10.1. The van der Waals surface area contributed by atoms with E-state index in [9.17, 15) is 13.2 Å². The molecule has 10 heteroatoms. The van der Waals surface area contributed by atoms with Crippen LogP contribution >= 0.6 is 11.6 Å². The number of rotatable bonds is 7. The zero-order valence-corrected chi connectivity index (χ0v) is 20.4. The van der Waals surface area contributed by atoms with Crippen LogP contribution < -0.4 is 10.2 Å². The number of anilines is 2. The standard InChI is InChI=1S/C24H26ClN5O3S/c1-2-5-24(31)26-18-8-10-19(11-9-18)34(32,33)30-16-14-29(15-17-30)23-13-12-22(27-28-23)20-6-3-4-7-21(20)25/h3-4,6-13H,2,5,14-17H2,1H3,(H,26,31). The van der Waals surface area contributed by atoms with E-state index in [1.54, 1.807) is 12.1 Å². The van der Waals surface area contributed by atoms with Crippen LogP contribution in [0.25, 0.3) is 11.3 Å². The zero-order valence-electron chi connectivity index (χ0n) is 18.8. The maximum Gasteiger partial charge on any atom is 0.243 e. The molecule has 0 aliphatic carbocycles. The van der Waals surface area contributed by atoms with Crippen LogP contribution in [0, 0.1) is 0 Å². The lowest BCUT2D eigenvalue weighted by Crippen LogP contribution is -2.49. The molecule has 0 atom stereocenters. The van der Waals surface area contributed by atoms with Crippen LogP contribution in [0.5, 0.6) is 0 Å². The molecule has 178 valence electrons. The van der Waals surface area contributed by atoms with Crippen molar-refractivity contribution in [1.29, 1.82) is 0 Å². The summed E-state index contributed by atoms with van der Waals surface area (Å²) in [7, 11) is -3.63. The smallest absolute Gasteiger partial charge is 0.243 e. The van der Waals surface area contributed by atoms with Gasteiger partial charge in [-0.25, -0.2) is 8.42 Å². The first kappa shape index (κ1) is 24.1. The summed E-state index contributed by atoms with van der Waals surface area (Å²) in [6, 6.07) is 17.5. The van der Waals surface area contributed by atoms with E-state index in [1.807, 2.05) is 48.2 Å². The Labute approximate surface area is 204 Å². The minimum Gasteiger partial charge on any atom is -0.352 e. The summed E-state index contributed by atoms with van der Waals surface area (Å²) in [6.45, 7) is 3.61. The van der Waals surface area contributed by atoms with E-state index < -0.39 is 10.0 Å². The third-order valence-electron chi connectivity index (χ3n) is 5.62. The molecule has 1 aromatic heterocycles. The summed E-state index contributed by atoms with van der Waals surface area (Å²) in [5.41, 5.74) is 2.08. The first-order valence-electron chi connectivity index (χ1n) is 11.1. The van der Waals surface area contributed by atoms with Crippen molar-refractivity contribution >= 4 is 39.0 Å². The summed E-state index contributed by atoms with van der Waals surface area (Å²) in [5.74, 6) is 0.609. The van der Waals surface area contributed by atoms with Gasteiger partial charge in [-0.3, -0.25) is 4.79 Å². The van der Waals surface area contributed by atoms with Gasteiger partial charge in [0.25, 0.3) is 0 Å². The van der Waals surface area contributed by atoms with Crippen molar-refractivity contribution in [2.45, 2.75) is 24.7 Å². The highest BCUT2D eigenvalue weighted by atomic mass is 35.5. The van der Waals surface area contributed by atoms with Crippen molar-refractivity contribution in [3.8, 4) is 11.3 Å². The van der Waals surface area contributed by atoms with Crippen molar-refractivity contribution in [3.63, 3.8) is 0 Å². The highest BCUT2D eigenvalue weighted by Crippen LogP contribution is 2.27. The number of halogens is 1. The van der Waals surface area contributed by atoms with Gasteiger partial charge in [-0.05, 0) is 48.9 Å². The van der Waals surface area contributed by atoms with Gasteiger partial charge in [0.05, 0.1) is 15.6 Å². The maximum absolute atomic E-state index is 13.1. The topological polar surface area (TPSA) is 95.5 Å². The van der Waals surface area contributed by atoms with Gasteiger partial charge in [0.15, 0.2) is 5.82 Å². The average molecular weight is 500 g/mol. The molecule has 1 N–H and O–H groups in total. The number of carbonyl (C=O) groups excluding carboxylic acids is 1. The lowest BCUT2D eigenvalue weighted by molar-refractivity contribution is -0.116. The van der Waals surface area contributed by atoms with E-state index >= 15 is 0 Å². The van der Waals surface area contributed by atoms with Crippen molar-refractivity contribution in [3.05, 3.63) is 65.7 Å². The Bertz CT molecular complexity index is 1240. The number of carbonyl (C=O) groups is 1. The average Bonchev–Trinajstić information content (AvgIpc) is 2.85. The molecule has 1 fully saturated rings. The molecule has 3 aromatic rings. The zero-order chi connectivity index (χ0) is 24.1. The molecule has 0 unspecified atom stereocenters. The molecule has 1 aliphatic rings. The molecule has 0 bridgehead atoms. The molecule has 2 aromatic carbocycles. The van der Waals surface area contributed by atoms with Crippen LogP contribution in [0.15, 0.2) is 65.6 Å². The SMILES string of the molecule is CCCC(=O)Nc1ccc(S(=O)(=O)N2CCN(c3ccc(-c4ccccc4Cl)nn3)CC2)cc1. The third kappa shape index (κ3) is 5.38. The Morgan fingerprint density at radius 1 is 0.971 bits per heavy atom. The number of hydrogen-bond donors (Lipinski definition) is 1. The fourth-order valence-corrected chi connectivity index (χ4v) is 5.43. The van der Waals surface area contributed by atoms with Crippen molar-refractivity contribution in [2.75, 3.05) is 36.4 Å². The van der Waals surface area contributed by atoms with Gasteiger partial charge < -0.3 is 10.2 Å². The van der Waals surface area contributed by atoms with Crippen molar-refractivity contribution in [2.24, 2.45) is 0 Å². The van der Waals surface area contributed by atoms with E-state index in [4.69, 9.17) is 11.6 Å². The number of sulfonamides is 1. The number of benzene rings is 2. The minimum atomic E-state index is -3.63. The van der Waals surface area contributed by atoms with Gasteiger partial charge in [-0.1, -0.05) is 36.7 Å².